The van der Waals surface area contributed by atoms with Gasteiger partial charge in [0.15, 0.2) is 0 Å². The Bertz CT molecular complexity index is 3060. The van der Waals surface area contributed by atoms with E-state index >= 15 is 0 Å². The number of benzene rings is 6. The quantitative estimate of drug-likeness (QED) is 0.0597. The minimum Gasteiger partial charge on any atom is -0.488 e. The summed E-state index contributed by atoms with van der Waals surface area (Å²) in [5, 5.41) is 0.983. The summed E-state index contributed by atoms with van der Waals surface area (Å²) >= 11 is 14.8. The van der Waals surface area contributed by atoms with Gasteiger partial charge in [-0.25, -0.2) is 15.0 Å². The summed E-state index contributed by atoms with van der Waals surface area (Å²) in [6.07, 6.45) is 0. The molecule has 14 heteroatoms. The van der Waals surface area contributed by atoms with Gasteiger partial charge in [-0.2, -0.15) is 0 Å². The molecule has 0 spiro atoms. The molecule has 12 nitrogen and oxygen atoms in total. The van der Waals surface area contributed by atoms with Crippen LogP contribution < -0.4 is 18.9 Å². The first kappa shape index (κ1) is 55.7. The van der Waals surface area contributed by atoms with Crippen molar-refractivity contribution in [2.24, 2.45) is 9.98 Å². The van der Waals surface area contributed by atoms with Gasteiger partial charge in [0.1, 0.15) is 81.4 Å². The fraction of sp³-hybridized carbons (Fsp3) is 0.339. The number of hydrogen-bond donors (Lipinski definition) is 0. The van der Waals surface area contributed by atoms with E-state index < -0.39 is 5.79 Å². The summed E-state index contributed by atoms with van der Waals surface area (Å²) in [5.74, 6) is 1.98. The largest absolute Gasteiger partial charge is 0.488 e. The summed E-state index contributed by atoms with van der Waals surface area (Å²) in [4.78, 5) is 17.5. The lowest BCUT2D eigenvalue weighted by Crippen LogP contribution is -2.38. The molecule has 0 amide bonds. The molecule has 398 valence electrons. The van der Waals surface area contributed by atoms with Crippen LogP contribution in [0.2, 0.25) is 10.0 Å². The highest BCUT2D eigenvalue weighted by Gasteiger charge is 2.46. The van der Waals surface area contributed by atoms with Gasteiger partial charge in [-0.1, -0.05) is 53.5 Å². The van der Waals surface area contributed by atoms with Gasteiger partial charge in [0, 0.05) is 33.4 Å². The predicted molar refractivity (Wildman–Crippen MR) is 312 cm³/mol. The number of quaternary nitrogens is 4. The molecule has 0 N–H and O–H groups in total. The van der Waals surface area contributed by atoms with E-state index in [1.807, 2.05) is 97.1 Å². The third-order valence-corrected chi connectivity index (χ3v) is 13.6. The van der Waals surface area contributed by atoms with Crippen molar-refractivity contribution >= 4 is 34.6 Å². The van der Waals surface area contributed by atoms with E-state index in [0.29, 0.717) is 70.5 Å². The second-order valence-electron chi connectivity index (χ2n) is 23.5. The zero-order valence-electron chi connectivity index (χ0n) is 46.5. The van der Waals surface area contributed by atoms with Crippen molar-refractivity contribution in [1.29, 1.82) is 0 Å². The van der Waals surface area contributed by atoms with Crippen molar-refractivity contribution in [2.45, 2.75) is 5.79 Å². The maximum absolute atomic E-state index is 7.51. The van der Waals surface area contributed by atoms with E-state index in [0.717, 1.165) is 95.1 Å². The zero-order chi connectivity index (χ0) is 54.5. The number of hydrogen-bond acceptors (Lipinski definition) is 7. The third kappa shape index (κ3) is 14.1. The Morgan fingerprint density at radius 2 is 0.750 bits per heavy atom. The van der Waals surface area contributed by atoms with Crippen LogP contribution in [0.4, 0.5) is 0 Å². The van der Waals surface area contributed by atoms with Crippen molar-refractivity contribution in [2.75, 3.05) is 137 Å². The van der Waals surface area contributed by atoms with E-state index in [2.05, 4.69) is 138 Å². The molecule has 0 aliphatic carbocycles. The summed E-state index contributed by atoms with van der Waals surface area (Å²) in [5.41, 5.74) is 7.44. The van der Waals surface area contributed by atoms with Crippen LogP contribution in [-0.2, 0) is 5.79 Å². The summed E-state index contributed by atoms with van der Waals surface area (Å²) in [6, 6.07) is 48.1. The number of likely N-dealkylation sites (N-methyl/N-ethyl adjacent to an activating group) is 4. The van der Waals surface area contributed by atoms with Crippen LogP contribution in [0.25, 0.3) is 33.9 Å². The van der Waals surface area contributed by atoms with E-state index in [1.165, 1.54) is 0 Å². The smallest absolute Gasteiger partial charge is 0.263 e. The standard InChI is InChI=1S/C62H76Cl2N8O4/c1-69(2,3)37-41-73-49-29-21-45(22-30-49)57-58(46-23-31-50(32-24-46)74-42-38-70(4,5)6)67-62(66-57,54-18-14-16-20-56(54)64)68-60(48-27-35-52(36-28-48)76-44-40-72(10,11)12)59(65-61(68)53-17-13-15-19-55(53)63)47-25-33-51(34-26-47)75-43-39-71(7,8)9/h13-36H,37-44H2,1-12H3/q+4. The number of aliphatic imine (C=N–C) groups is 2. The maximum atomic E-state index is 7.51. The van der Waals surface area contributed by atoms with Gasteiger partial charge in [0.25, 0.3) is 5.79 Å². The van der Waals surface area contributed by atoms with Gasteiger partial charge in [0.05, 0.1) is 117 Å². The number of imidazole rings is 1. The molecule has 0 saturated heterocycles. The number of aromatic nitrogens is 2. The Morgan fingerprint density at radius 3 is 1.12 bits per heavy atom. The molecule has 1 aromatic heterocycles. The van der Waals surface area contributed by atoms with Crippen molar-refractivity contribution in [1.82, 2.24) is 9.55 Å². The van der Waals surface area contributed by atoms with Gasteiger partial charge >= 0.3 is 0 Å². The fourth-order valence-electron chi connectivity index (χ4n) is 8.52. The second-order valence-corrected chi connectivity index (χ2v) is 24.3. The first-order valence-electron chi connectivity index (χ1n) is 25.9. The number of halogens is 2. The van der Waals surface area contributed by atoms with Crippen molar-refractivity contribution in [3.8, 4) is 56.9 Å². The van der Waals surface area contributed by atoms with Crippen LogP contribution in [0.5, 0.6) is 23.0 Å². The van der Waals surface area contributed by atoms with Crippen molar-refractivity contribution < 1.29 is 36.9 Å². The Labute approximate surface area is 461 Å². The van der Waals surface area contributed by atoms with Crippen LogP contribution in [0.1, 0.15) is 16.7 Å². The lowest BCUT2D eigenvalue weighted by atomic mass is 10.00. The van der Waals surface area contributed by atoms with Gasteiger partial charge < -0.3 is 36.9 Å². The number of rotatable bonds is 23. The lowest BCUT2D eigenvalue weighted by molar-refractivity contribution is -0.870. The van der Waals surface area contributed by atoms with Crippen LogP contribution >= 0.6 is 23.2 Å². The molecular formula is C62H76Cl2N8O4+4. The van der Waals surface area contributed by atoms with E-state index in [-0.39, 0.29) is 0 Å². The second kappa shape index (κ2) is 23.0. The Kier molecular flexibility index (Phi) is 16.9. The van der Waals surface area contributed by atoms with Crippen molar-refractivity contribution in [3.05, 3.63) is 172 Å². The third-order valence-electron chi connectivity index (χ3n) is 12.9. The van der Waals surface area contributed by atoms with E-state index in [4.69, 9.17) is 57.1 Å². The highest BCUT2D eigenvalue weighted by atomic mass is 35.5. The molecule has 6 aromatic carbocycles. The summed E-state index contributed by atoms with van der Waals surface area (Å²) in [7, 11) is 25.9. The zero-order valence-corrected chi connectivity index (χ0v) is 48.0. The molecule has 0 atom stereocenters. The van der Waals surface area contributed by atoms with Gasteiger partial charge in [0.2, 0.25) is 0 Å². The SMILES string of the molecule is C[N+](C)(C)CCOc1ccc(C2=NC(c3ccccc3Cl)(n3c(-c4ccccc4Cl)nc(-c4ccc(OCC[N+](C)(C)C)cc4)c3-c3ccc(OCC[N+](C)(C)C)cc3)N=C2c2ccc(OCC[N+](C)(C)C)cc2)cc1. The molecule has 0 saturated carbocycles. The maximum Gasteiger partial charge on any atom is 0.263 e. The average molecular weight is 1070 g/mol. The Morgan fingerprint density at radius 1 is 0.408 bits per heavy atom. The Hall–Kier alpha value is -6.51. The topological polar surface area (TPSA) is 79.5 Å². The molecule has 1 aliphatic rings. The normalized spacial score (nSPS) is 13.8. The molecule has 8 rings (SSSR count). The molecular weight excluding hydrogens is 992 g/mol. The molecule has 0 unspecified atom stereocenters. The van der Waals surface area contributed by atoms with Gasteiger partial charge in [-0.15, -0.1) is 0 Å². The van der Waals surface area contributed by atoms with Crippen LogP contribution in [0.15, 0.2) is 156 Å². The van der Waals surface area contributed by atoms with E-state index in [1.54, 1.807) is 0 Å². The van der Waals surface area contributed by atoms with Gasteiger partial charge in [-0.3, -0.25) is 4.57 Å². The fourth-order valence-corrected chi connectivity index (χ4v) is 9.00. The predicted octanol–water partition coefficient (Wildman–Crippen LogP) is 11.2. The first-order valence-corrected chi connectivity index (χ1v) is 26.7. The summed E-state index contributed by atoms with van der Waals surface area (Å²) < 4.78 is 30.5. The van der Waals surface area contributed by atoms with Crippen LogP contribution in [0, 0.1) is 0 Å². The van der Waals surface area contributed by atoms with Crippen molar-refractivity contribution in [3.63, 3.8) is 0 Å². The Balaban J connectivity index is 1.40. The molecule has 0 bridgehead atoms. The highest BCUT2D eigenvalue weighted by Crippen LogP contribution is 2.49. The highest BCUT2D eigenvalue weighted by molar-refractivity contribution is 6.54. The lowest BCUT2D eigenvalue weighted by Gasteiger charge is -2.30. The summed E-state index contributed by atoms with van der Waals surface area (Å²) in [6.45, 7) is 5.67. The first-order chi connectivity index (χ1) is 36.0. The molecule has 2 heterocycles. The minimum absolute atomic E-state index is 0.472. The van der Waals surface area contributed by atoms with Crippen LogP contribution in [-0.4, -0.2) is 176 Å². The van der Waals surface area contributed by atoms with Gasteiger partial charge in [-0.05, 0) is 115 Å². The average Bonchev–Trinajstić information content (AvgIpc) is 3.99. The number of ether oxygens (including phenoxy) is 4. The monoisotopic (exact) mass is 1070 g/mol. The molecule has 0 fully saturated rings. The molecule has 1 aliphatic heterocycles. The minimum atomic E-state index is -1.61. The molecule has 76 heavy (non-hydrogen) atoms. The molecule has 0 radical (unpaired) electrons. The molecule has 7 aromatic rings. The van der Waals surface area contributed by atoms with Crippen LogP contribution in [0.3, 0.4) is 0 Å². The van der Waals surface area contributed by atoms with E-state index in [9.17, 15) is 0 Å². The number of nitrogens with zero attached hydrogens (tertiary/aromatic N) is 8.